The molecule has 1 aliphatic carbocycles. The lowest BCUT2D eigenvalue weighted by Gasteiger charge is -2.33. The van der Waals surface area contributed by atoms with Crippen molar-refractivity contribution in [2.75, 3.05) is 32.7 Å². The van der Waals surface area contributed by atoms with Crippen LogP contribution in [0.4, 0.5) is 0 Å². The van der Waals surface area contributed by atoms with Crippen LogP contribution in [0.1, 0.15) is 38.7 Å². The van der Waals surface area contributed by atoms with Gasteiger partial charge in [-0.05, 0) is 49.8 Å². The van der Waals surface area contributed by atoms with Gasteiger partial charge in [-0.3, -0.25) is 9.69 Å². The molecule has 1 saturated heterocycles. The van der Waals surface area contributed by atoms with Crippen LogP contribution in [0.3, 0.4) is 0 Å². The molecule has 1 saturated carbocycles. The summed E-state index contributed by atoms with van der Waals surface area (Å²) < 4.78 is 27.2. The maximum absolute atomic E-state index is 12.8. The second-order valence-corrected chi connectivity index (χ2v) is 9.71. The molecular weight excluding hydrogens is 362 g/mol. The highest BCUT2D eigenvalue weighted by molar-refractivity contribution is 7.89. The summed E-state index contributed by atoms with van der Waals surface area (Å²) in [6.07, 6.45) is 4.41. The Kier molecular flexibility index (Phi) is 6.55. The lowest BCUT2D eigenvalue weighted by atomic mass is 10.1. The summed E-state index contributed by atoms with van der Waals surface area (Å²) in [5.41, 5.74) is 1.16. The fourth-order valence-corrected chi connectivity index (χ4v) is 5.03. The minimum Gasteiger partial charge on any atom is -0.352 e. The zero-order valence-corrected chi connectivity index (χ0v) is 17.2. The van der Waals surface area contributed by atoms with Crippen molar-refractivity contribution >= 4 is 15.9 Å². The van der Waals surface area contributed by atoms with E-state index in [0.29, 0.717) is 43.5 Å². The van der Waals surface area contributed by atoms with Gasteiger partial charge in [0.1, 0.15) is 0 Å². The van der Waals surface area contributed by atoms with Gasteiger partial charge in [0.15, 0.2) is 0 Å². The van der Waals surface area contributed by atoms with Gasteiger partial charge in [-0.25, -0.2) is 8.42 Å². The zero-order valence-electron chi connectivity index (χ0n) is 16.4. The van der Waals surface area contributed by atoms with Crippen molar-refractivity contribution in [1.82, 2.24) is 14.5 Å². The van der Waals surface area contributed by atoms with Crippen molar-refractivity contribution in [1.29, 1.82) is 0 Å². The average molecular weight is 394 g/mol. The predicted molar refractivity (Wildman–Crippen MR) is 106 cm³/mol. The van der Waals surface area contributed by atoms with Crippen LogP contribution in [0.25, 0.3) is 0 Å². The summed E-state index contributed by atoms with van der Waals surface area (Å²) >= 11 is 0. The molecule has 0 aromatic heterocycles. The Balaban J connectivity index is 1.50. The Morgan fingerprint density at radius 2 is 1.78 bits per heavy atom. The van der Waals surface area contributed by atoms with Crippen molar-refractivity contribution in [3.8, 4) is 0 Å². The van der Waals surface area contributed by atoms with E-state index >= 15 is 0 Å². The summed E-state index contributed by atoms with van der Waals surface area (Å²) in [5, 5.41) is 3.06. The fourth-order valence-electron chi connectivity index (χ4n) is 3.61. The van der Waals surface area contributed by atoms with E-state index < -0.39 is 10.0 Å². The number of piperazine rings is 1. The number of benzene rings is 1. The molecule has 2 aliphatic rings. The zero-order chi connectivity index (χ0) is 19.4. The van der Waals surface area contributed by atoms with Crippen LogP contribution in [0.5, 0.6) is 0 Å². The monoisotopic (exact) mass is 393 g/mol. The third-order valence-corrected chi connectivity index (χ3v) is 7.43. The summed E-state index contributed by atoms with van der Waals surface area (Å²) in [6, 6.07) is 7.46. The number of carbonyl (C=O) groups excluding carboxylic acids is 1. The first-order valence-electron chi connectivity index (χ1n) is 10.0. The van der Waals surface area contributed by atoms with Crippen LogP contribution in [0.2, 0.25) is 0 Å². The molecule has 1 heterocycles. The lowest BCUT2D eigenvalue weighted by molar-refractivity contribution is -0.123. The number of hydrogen-bond acceptors (Lipinski definition) is 4. The van der Waals surface area contributed by atoms with Gasteiger partial charge in [0.25, 0.3) is 0 Å². The van der Waals surface area contributed by atoms with Gasteiger partial charge in [0, 0.05) is 32.2 Å². The van der Waals surface area contributed by atoms with Crippen molar-refractivity contribution in [3.05, 3.63) is 29.8 Å². The number of aryl methyl sites for hydroxylation is 1. The molecule has 1 aromatic carbocycles. The van der Waals surface area contributed by atoms with Crippen LogP contribution in [0, 0.1) is 5.92 Å². The molecule has 1 N–H and O–H groups in total. The number of hydrogen-bond donors (Lipinski definition) is 1. The van der Waals surface area contributed by atoms with Crippen LogP contribution >= 0.6 is 0 Å². The summed E-state index contributed by atoms with van der Waals surface area (Å²) in [4.78, 5) is 14.5. The van der Waals surface area contributed by atoms with Crippen LogP contribution in [0.15, 0.2) is 29.2 Å². The fraction of sp³-hybridized carbons (Fsp3) is 0.650. The first-order valence-corrected chi connectivity index (χ1v) is 11.4. The summed E-state index contributed by atoms with van der Waals surface area (Å²) in [5.74, 6) is 0.678. The van der Waals surface area contributed by atoms with Gasteiger partial charge in [-0.2, -0.15) is 4.31 Å². The average Bonchev–Trinajstić information content (AvgIpc) is 3.48. The third-order valence-electron chi connectivity index (χ3n) is 5.52. The van der Waals surface area contributed by atoms with Gasteiger partial charge in [-0.1, -0.05) is 25.5 Å². The van der Waals surface area contributed by atoms with Gasteiger partial charge in [-0.15, -0.1) is 0 Å². The minimum absolute atomic E-state index is 0.0391. The number of carbonyl (C=O) groups is 1. The molecule has 1 atom stereocenters. The Hall–Kier alpha value is -1.44. The van der Waals surface area contributed by atoms with E-state index in [1.165, 1.54) is 17.1 Å². The van der Waals surface area contributed by atoms with E-state index in [-0.39, 0.29) is 11.9 Å². The van der Waals surface area contributed by atoms with E-state index in [2.05, 4.69) is 19.2 Å². The second kappa shape index (κ2) is 8.71. The quantitative estimate of drug-likeness (QED) is 0.732. The van der Waals surface area contributed by atoms with E-state index in [0.717, 1.165) is 18.4 Å². The lowest BCUT2D eigenvalue weighted by Crippen LogP contribution is -2.51. The Morgan fingerprint density at radius 1 is 1.15 bits per heavy atom. The second-order valence-electron chi connectivity index (χ2n) is 7.77. The molecule has 1 aliphatic heterocycles. The van der Waals surface area contributed by atoms with Gasteiger partial charge < -0.3 is 5.32 Å². The van der Waals surface area contributed by atoms with Crippen LogP contribution in [-0.4, -0.2) is 62.3 Å². The number of amides is 1. The van der Waals surface area contributed by atoms with E-state index in [4.69, 9.17) is 0 Å². The number of nitrogens with zero attached hydrogens (tertiary/aromatic N) is 2. The number of rotatable bonds is 8. The van der Waals surface area contributed by atoms with Crippen molar-refractivity contribution < 1.29 is 13.2 Å². The molecule has 1 amide bonds. The molecule has 6 nitrogen and oxygen atoms in total. The van der Waals surface area contributed by atoms with Crippen molar-refractivity contribution in [2.24, 2.45) is 5.92 Å². The Morgan fingerprint density at radius 3 is 2.33 bits per heavy atom. The summed E-state index contributed by atoms with van der Waals surface area (Å²) in [7, 11) is -3.46. The first kappa shape index (κ1) is 20.3. The van der Waals surface area contributed by atoms with E-state index in [1.54, 1.807) is 12.1 Å². The molecule has 7 heteroatoms. The van der Waals surface area contributed by atoms with Gasteiger partial charge >= 0.3 is 0 Å². The Labute approximate surface area is 163 Å². The standard InChI is InChI=1S/C20H31N3O3S/c1-3-4-17-5-9-19(10-6-17)27(25,26)23-13-11-22(12-14-23)15-20(24)21-16(2)18-7-8-18/h5-6,9-10,16,18H,3-4,7-8,11-15H2,1-2H3,(H,21,24)/t16-/m0/s1. The molecule has 0 unspecified atom stereocenters. The van der Waals surface area contributed by atoms with E-state index in [9.17, 15) is 13.2 Å². The molecule has 27 heavy (non-hydrogen) atoms. The molecule has 0 spiro atoms. The topological polar surface area (TPSA) is 69.7 Å². The van der Waals surface area contributed by atoms with Crippen LogP contribution < -0.4 is 5.32 Å². The molecule has 0 radical (unpaired) electrons. The molecule has 3 rings (SSSR count). The highest BCUT2D eigenvalue weighted by atomic mass is 32.2. The van der Waals surface area contributed by atoms with Gasteiger partial charge in [0.2, 0.25) is 15.9 Å². The molecule has 2 fully saturated rings. The predicted octanol–water partition coefficient (Wildman–Crippen LogP) is 1.86. The number of nitrogens with one attached hydrogen (secondary N) is 1. The third kappa shape index (κ3) is 5.30. The maximum atomic E-state index is 12.8. The largest absolute Gasteiger partial charge is 0.352 e. The highest BCUT2D eigenvalue weighted by Gasteiger charge is 2.31. The summed E-state index contributed by atoms with van der Waals surface area (Å²) in [6.45, 7) is 6.52. The molecule has 1 aromatic rings. The molecule has 150 valence electrons. The number of sulfonamides is 1. The smallest absolute Gasteiger partial charge is 0.243 e. The van der Waals surface area contributed by atoms with Crippen molar-refractivity contribution in [2.45, 2.75) is 50.5 Å². The minimum atomic E-state index is -3.46. The Bertz CT molecular complexity index is 736. The first-order chi connectivity index (χ1) is 12.9. The van der Waals surface area contributed by atoms with E-state index in [1.807, 2.05) is 17.0 Å². The SMILES string of the molecule is CCCc1ccc(S(=O)(=O)N2CCN(CC(=O)N[C@@H](C)C3CC3)CC2)cc1. The molecular formula is C20H31N3O3S. The normalized spacial score (nSPS) is 20.4. The van der Waals surface area contributed by atoms with Gasteiger partial charge in [0.05, 0.1) is 11.4 Å². The van der Waals surface area contributed by atoms with Crippen molar-refractivity contribution in [3.63, 3.8) is 0 Å². The molecule has 0 bridgehead atoms. The maximum Gasteiger partial charge on any atom is 0.243 e. The highest BCUT2D eigenvalue weighted by Crippen LogP contribution is 2.32. The van der Waals surface area contributed by atoms with Crippen LogP contribution in [-0.2, 0) is 21.2 Å².